The number of imide groups is 1. The fourth-order valence-corrected chi connectivity index (χ4v) is 3.48. The van der Waals surface area contributed by atoms with Crippen LogP contribution >= 0.6 is 0 Å². The Morgan fingerprint density at radius 1 is 1.17 bits per heavy atom. The molecule has 0 aliphatic carbocycles. The van der Waals surface area contributed by atoms with Crippen LogP contribution in [0.4, 0.5) is 4.79 Å². The van der Waals surface area contributed by atoms with Gasteiger partial charge < -0.3 is 15.0 Å². The molecule has 2 aromatic carbocycles. The van der Waals surface area contributed by atoms with Gasteiger partial charge in [-0.05, 0) is 29.8 Å². The summed E-state index contributed by atoms with van der Waals surface area (Å²) in [6, 6.07) is 13.2. The zero-order valence-electron chi connectivity index (χ0n) is 16.0. The highest BCUT2D eigenvalue weighted by Gasteiger charge is 2.48. The summed E-state index contributed by atoms with van der Waals surface area (Å²) in [5.74, 6) is 5.25. The molecule has 2 aliphatic heterocycles. The fourth-order valence-electron chi connectivity index (χ4n) is 3.48. The largest absolute Gasteiger partial charge is 0.497 e. The minimum atomic E-state index is -1.62. The molecule has 0 unspecified atom stereocenters. The van der Waals surface area contributed by atoms with Crippen molar-refractivity contribution in [1.29, 1.82) is 5.26 Å². The minimum Gasteiger partial charge on any atom is -0.497 e. The highest BCUT2D eigenvalue weighted by Crippen LogP contribution is 2.28. The van der Waals surface area contributed by atoms with Crippen molar-refractivity contribution in [3.63, 3.8) is 0 Å². The third kappa shape index (κ3) is 3.21. The summed E-state index contributed by atoms with van der Waals surface area (Å²) in [5, 5.41) is 14.0. The van der Waals surface area contributed by atoms with Crippen molar-refractivity contribution in [2.45, 2.75) is 12.1 Å². The van der Waals surface area contributed by atoms with Crippen LogP contribution in [0.5, 0.6) is 5.75 Å². The van der Waals surface area contributed by atoms with Crippen LogP contribution in [0.2, 0.25) is 0 Å². The Labute approximate surface area is 172 Å². The number of hydrogen-bond acceptors (Lipinski definition) is 5. The van der Waals surface area contributed by atoms with Crippen LogP contribution in [0.25, 0.3) is 0 Å². The van der Waals surface area contributed by atoms with Crippen molar-refractivity contribution in [1.82, 2.24) is 15.5 Å². The lowest BCUT2D eigenvalue weighted by Crippen LogP contribution is -2.54. The predicted molar refractivity (Wildman–Crippen MR) is 105 cm³/mol. The number of fused-ring (bicyclic) bond motifs is 1. The number of nitriles is 1. The van der Waals surface area contributed by atoms with E-state index in [-0.39, 0.29) is 19.0 Å². The molecule has 4 rings (SSSR count). The van der Waals surface area contributed by atoms with Gasteiger partial charge in [0.15, 0.2) is 0 Å². The van der Waals surface area contributed by atoms with E-state index < -0.39 is 17.5 Å². The van der Waals surface area contributed by atoms with Gasteiger partial charge in [-0.2, -0.15) is 5.26 Å². The first-order valence-corrected chi connectivity index (χ1v) is 9.08. The van der Waals surface area contributed by atoms with Gasteiger partial charge in [0, 0.05) is 17.7 Å². The first kappa shape index (κ1) is 19.0. The molecule has 8 heteroatoms. The molecule has 2 N–H and O–H groups in total. The Balaban J connectivity index is 1.68. The molecule has 148 valence electrons. The molecule has 1 saturated heterocycles. The highest BCUT2D eigenvalue weighted by molar-refractivity contribution is 6.10. The molecular formula is C22H16N4O4. The standard InChI is InChI=1S/C22H16N4O4/c1-30-17-7-6-16-12-26(19(27)18(16)10-17)13-22(20(28)24-21(29)25-22)9-8-14-4-2-3-5-15(14)11-23/h2-7,10H,12-13H2,1H3,(H2,24,25,28,29)/t22-/m1/s1. The van der Waals surface area contributed by atoms with Crippen LogP contribution < -0.4 is 15.4 Å². The van der Waals surface area contributed by atoms with Gasteiger partial charge >= 0.3 is 6.03 Å². The van der Waals surface area contributed by atoms with Gasteiger partial charge in [-0.15, -0.1) is 0 Å². The molecule has 2 heterocycles. The van der Waals surface area contributed by atoms with Crippen LogP contribution in [0.15, 0.2) is 42.5 Å². The van der Waals surface area contributed by atoms with Crippen LogP contribution in [-0.2, 0) is 11.3 Å². The first-order valence-electron chi connectivity index (χ1n) is 9.08. The number of nitrogens with zero attached hydrogens (tertiary/aromatic N) is 2. The van der Waals surface area contributed by atoms with E-state index >= 15 is 0 Å². The van der Waals surface area contributed by atoms with Gasteiger partial charge in [0.1, 0.15) is 11.8 Å². The second kappa shape index (κ2) is 7.26. The maximum absolute atomic E-state index is 12.9. The van der Waals surface area contributed by atoms with Gasteiger partial charge in [0.05, 0.1) is 19.2 Å². The molecule has 0 aromatic heterocycles. The second-order valence-electron chi connectivity index (χ2n) is 6.91. The SMILES string of the molecule is COc1ccc2c(c1)C(=O)N(C[C@@]1(C#Cc3ccccc3C#N)NC(=O)NC1=O)C2. The van der Waals surface area contributed by atoms with Gasteiger partial charge in [0.2, 0.25) is 5.54 Å². The van der Waals surface area contributed by atoms with E-state index in [2.05, 4.69) is 22.5 Å². The van der Waals surface area contributed by atoms with Crippen molar-refractivity contribution >= 4 is 17.8 Å². The average Bonchev–Trinajstić information content (AvgIpc) is 3.21. The lowest BCUT2D eigenvalue weighted by molar-refractivity contribution is -0.122. The number of carbonyl (C=O) groups is 3. The van der Waals surface area contributed by atoms with E-state index in [4.69, 9.17) is 4.74 Å². The summed E-state index contributed by atoms with van der Waals surface area (Å²) in [5.41, 5.74) is 0.428. The lowest BCUT2D eigenvalue weighted by Gasteiger charge is -2.26. The molecule has 2 aliphatic rings. The molecule has 1 fully saturated rings. The second-order valence-corrected chi connectivity index (χ2v) is 6.91. The average molecular weight is 400 g/mol. The topological polar surface area (TPSA) is 112 Å². The lowest BCUT2D eigenvalue weighted by atomic mass is 9.98. The molecule has 0 bridgehead atoms. The van der Waals surface area contributed by atoms with E-state index in [0.29, 0.717) is 22.4 Å². The molecule has 1 atom stereocenters. The number of rotatable bonds is 3. The normalized spacial score (nSPS) is 19.3. The van der Waals surface area contributed by atoms with Gasteiger partial charge in [-0.1, -0.05) is 30.0 Å². The molecule has 0 saturated carbocycles. The number of benzene rings is 2. The summed E-state index contributed by atoms with van der Waals surface area (Å²) in [6.07, 6.45) is 0. The molecule has 2 aromatic rings. The summed E-state index contributed by atoms with van der Waals surface area (Å²) >= 11 is 0. The fraction of sp³-hybridized carbons (Fsp3) is 0.182. The monoisotopic (exact) mass is 400 g/mol. The Kier molecular flexibility index (Phi) is 4.61. The number of amides is 4. The van der Waals surface area contributed by atoms with Crippen molar-refractivity contribution < 1.29 is 19.1 Å². The third-order valence-electron chi connectivity index (χ3n) is 5.02. The van der Waals surface area contributed by atoms with E-state index in [1.54, 1.807) is 42.5 Å². The molecule has 0 spiro atoms. The Bertz CT molecular complexity index is 1190. The highest BCUT2D eigenvalue weighted by atomic mass is 16.5. The van der Waals surface area contributed by atoms with Crippen molar-refractivity contribution in [2.24, 2.45) is 0 Å². The van der Waals surface area contributed by atoms with E-state index in [0.717, 1.165) is 5.56 Å². The first-order chi connectivity index (χ1) is 14.5. The van der Waals surface area contributed by atoms with Gasteiger partial charge in [-0.25, -0.2) is 4.79 Å². The number of methoxy groups -OCH3 is 1. The smallest absolute Gasteiger partial charge is 0.323 e. The number of carbonyl (C=O) groups excluding carboxylic acids is 3. The Morgan fingerprint density at radius 2 is 1.93 bits per heavy atom. The van der Waals surface area contributed by atoms with Crippen molar-refractivity contribution in [3.8, 4) is 23.7 Å². The van der Waals surface area contributed by atoms with E-state index in [1.807, 2.05) is 6.07 Å². The zero-order chi connectivity index (χ0) is 21.3. The Morgan fingerprint density at radius 3 is 2.60 bits per heavy atom. The van der Waals surface area contributed by atoms with Gasteiger partial charge in [-0.3, -0.25) is 14.9 Å². The summed E-state index contributed by atoms with van der Waals surface area (Å²) in [6.45, 7) is 0.141. The zero-order valence-corrected chi connectivity index (χ0v) is 16.0. The maximum atomic E-state index is 12.9. The van der Waals surface area contributed by atoms with Crippen LogP contribution in [0.1, 0.15) is 27.0 Å². The van der Waals surface area contributed by atoms with Crippen LogP contribution in [0.3, 0.4) is 0 Å². The summed E-state index contributed by atoms with van der Waals surface area (Å²) < 4.78 is 5.18. The minimum absolute atomic E-state index is 0.137. The van der Waals surface area contributed by atoms with Crippen molar-refractivity contribution in [3.05, 3.63) is 64.7 Å². The predicted octanol–water partition coefficient (Wildman–Crippen LogP) is 1.15. The van der Waals surface area contributed by atoms with Crippen molar-refractivity contribution in [2.75, 3.05) is 13.7 Å². The third-order valence-corrected chi connectivity index (χ3v) is 5.02. The van der Waals surface area contributed by atoms with Crippen LogP contribution in [-0.4, -0.2) is 41.9 Å². The molecule has 8 nitrogen and oxygen atoms in total. The number of hydrogen-bond donors (Lipinski definition) is 2. The molecular weight excluding hydrogens is 384 g/mol. The quantitative estimate of drug-likeness (QED) is 0.593. The number of urea groups is 1. The Hall–Kier alpha value is -4.30. The summed E-state index contributed by atoms with van der Waals surface area (Å²) in [4.78, 5) is 38.9. The molecule has 0 radical (unpaired) electrons. The van der Waals surface area contributed by atoms with E-state index in [1.165, 1.54) is 12.0 Å². The van der Waals surface area contributed by atoms with Crippen LogP contribution in [0, 0.1) is 23.2 Å². The van der Waals surface area contributed by atoms with E-state index in [9.17, 15) is 19.6 Å². The van der Waals surface area contributed by atoms with Gasteiger partial charge in [0.25, 0.3) is 11.8 Å². The summed E-state index contributed by atoms with van der Waals surface area (Å²) in [7, 11) is 1.51. The molecule has 30 heavy (non-hydrogen) atoms. The number of ether oxygens (including phenoxy) is 1. The molecule has 4 amide bonds. The maximum Gasteiger partial charge on any atom is 0.323 e. The number of nitrogens with one attached hydrogen (secondary N) is 2.